The fraction of sp³-hybridized carbons (Fsp3) is 0.554. The van der Waals surface area contributed by atoms with Crippen molar-refractivity contribution in [1.82, 2.24) is 15.2 Å². The van der Waals surface area contributed by atoms with Crippen LogP contribution in [-0.4, -0.2) is 86.2 Å². The fourth-order valence-electron chi connectivity index (χ4n) is 18.8. The van der Waals surface area contributed by atoms with Crippen LogP contribution in [0.4, 0.5) is 5.69 Å². The lowest BCUT2D eigenvalue weighted by atomic mass is 9.45. The maximum Gasteiger partial charge on any atom is 0.303 e. The number of Topliss-reactive ketones (excluding diaryl/α,β-unsaturated/α-hetero) is 2. The number of para-hydroxylation sites is 2. The molecule has 12 rings (SSSR count). The summed E-state index contributed by atoms with van der Waals surface area (Å²) in [5, 5.41) is 33.6. The number of ether oxygens (including phenoxy) is 2. The van der Waals surface area contributed by atoms with Gasteiger partial charge in [0.05, 0.1) is 41.2 Å². The van der Waals surface area contributed by atoms with Gasteiger partial charge >= 0.3 is 11.9 Å². The predicted octanol–water partition coefficient (Wildman–Crippen LogP) is 9.75. The first-order valence-electron chi connectivity index (χ1n) is 28.8. The molecule has 14 nitrogen and oxygen atoms in total. The summed E-state index contributed by atoms with van der Waals surface area (Å²) in [5.74, 6) is -4.19. The molecular weight excluding hydrogens is 997 g/mol. The highest BCUT2D eigenvalue weighted by Gasteiger charge is 2.74. The van der Waals surface area contributed by atoms with Gasteiger partial charge in [-0.05, 0) is 154 Å². The van der Waals surface area contributed by atoms with Crippen LogP contribution in [0.5, 0.6) is 0 Å². The molecule has 17 atom stereocenters. The molecule has 8 aliphatic carbocycles. The second-order valence-electron chi connectivity index (χ2n) is 26.4. The van der Waals surface area contributed by atoms with E-state index in [0.29, 0.717) is 19.3 Å². The standard InChI is InChI=1S/C65H78N4O10/c1-35-22-45-50-24-37(3)64(74,56(72)33-76-40(6)70)62(50,10)30-54(58(45)60(8)28-42-32-66-68(52(42)26-48(35)60)43-18-14-12-15-19-43)78-79-55-31-63(11)51(25-38(4)65(63,75)57(73)34-77-41(7)71)46-23-36(2)49-27-53-47(29-61(49,9)59(46)55)39(5)67-69(53)44-20-16-13-17-21-44/h12-23,26-27,32,37-39,45-46,50-51,54-55,58-59,67,74-75H,24-25,28-31,33-34H2,1-11H3. The lowest BCUT2D eigenvalue weighted by Crippen LogP contribution is -2.64. The van der Waals surface area contributed by atoms with Crippen molar-refractivity contribution in [2.24, 2.45) is 69.0 Å². The molecule has 0 spiro atoms. The largest absolute Gasteiger partial charge is 0.458 e. The second-order valence-corrected chi connectivity index (χ2v) is 26.4. The summed E-state index contributed by atoms with van der Waals surface area (Å²) < 4.78 is 12.7. The van der Waals surface area contributed by atoms with Crippen LogP contribution in [0.1, 0.15) is 120 Å². The number of aromatic nitrogens is 2. The molecule has 0 saturated heterocycles. The molecule has 0 bridgehead atoms. The van der Waals surface area contributed by atoms with Gasteiger partial charge in [-0.15, -0.1) is 0 Å². The highest BCUT2D eigenvalue weighted by molar-refractivity contribution is 5.92. The predicted molar refractivity (Wildman–Crippen MR) is 297 cm³/mol. The van der Waals surface area contributed by atoms with Crippen molar-refractivity contribution in [2.75, 3.05) is 18.2 Å². The molecular formula is C65H78N4O10. The molecule has 0 radical (unpaired) electrons. The van der Waals surface area contributed by atoms with Gasteiger partial charge < -0.3 is 19.7 Å². The van der Waals surface area contributed by atoms with E-state index >= 15 is 0 Å². The third kappa shape index (κ3) is 7.62. The lowest BCUT2D eigenvalue weighted by molar-refractivity contribution is -0.400. The molecule has 14 heteroatoms. The summed E-state index contributed by atoms with van der Waals surface area (Å²) >= 11 is 0. The van der Waals surface area contributed by atoms with E-state index in [2.05, 4.69) is 106 Å². The van der Waals surface area contributed by atoms with Crippen molar-refractivity contribution in [3.05, 3.63) is 130 Å². The Bertz CT molecular complexity index is 3210. The number of hydrogen-bond acceptors (Lipinski definition) is 13. The van der Waals surface area contributed by atoms with Crippen LogP contribution in [0.15, 0.2) is 119 Å². The van der Waals surface area contributed by atoms with Gasteiger partial charge in [0.2, 0.25) is 11.6 Å². The van der Waals surface area contributed by atoms with E-state index in [0.717, 1.165) is 45.9 Å². The van der Waals surface area contributed by atoms with Gasteiger partial charge in [-0.2, -0.15) is 5.10 Å². The number of carbonyl (C=O) groups excluding carboxylic acids is 4. The zero-order valence-corrected chi connectivity index (χ0v) is 47.7. The minimum atomic E-state index is -1.86. The normalized spacial score (nSPS) is 40.4. The van der Waals surface area contributed by atoms with Gasteiger partial charge in [0.15, 0.2) is 13.2 Å². The smallest absolute Gasteiger partial charge is 0.303 e. The number of esters is 2. The second kappa shape index (κ2) is 18.6. The molecule has 79 heavy (non-hydrogen) atoms. The number of aliphatic hydroxyl groups is 2. The fourth-order valence-corrected chi connectivity index (χ4v) is 18.8. The van der Waals surface area contributed by atoms with E-state index in [1.165, 1.54) is 30.6 Å². The monoisotopic (exact) mass is 1070 g/mol. The Hall–Kier alpha value is -5.77. The van der Waals surface area contributed by atoms with Crippen molar-refractivity contribution >= 4 is 35.3 Å². The zero-order chi connectivity index (χ0) is 56.1. The number of ketones is 2. The van der Waals surface area contributed by atoms with Gasteiger partial charge in [-0.3, -0.25) is 24.2 Å². The van der Waals surface area contributed by atoms with Crippen LogP contribution in [-0.2, 0) is 44.8 Å². The molecule has 17 unspecified atom stereocenters. The van der Waals surface area contributed by atoms with E-state index < -0.39 is 93.6 Å². The van der Waals surface area contributed by atoms with Crippen LogP contribution in [0, 0.1) is 69.0 Å². The van der Waals surface area contributed by atoms with Crippen LogP contribution < -0.4 is 10.4 Å². The number of carbonyl (C=O) groups is 4. The highest BCUT2D eigenvalue weighted by atomic mass is 17.2. The molecule has 418 valence electrons. The van der Waals surface area contributed by atoms with E-state index in [9.17, 15) is 29.4 Å². The minimum absolute atomic E-state index is 0.0278. The molecule has 0 amide bonds. The van der Waals surface area contributed by atoms with Crippen LogP contribution >= 0.6 is 0 Å². The number of nitrogens with zero attached hydrogens (tertiary/aromatic N) is 3. The quantitative estimate of drug-likeness (QED) is 0.0940. The van der Waals surface area contributed by atoms with Gasteiger partial charge in [0, 0.05) is 53.4 Å². The molecule has 4 saturated carbocycles. The Morgan fingerprint density at radius 1 is 0.671 bits per heavy atom. The Balaban J connectivity index is 0.982. The van der Waals surface area contributed by atoms with Crippen molar-refractivity contribution in [1.29, 1.82) is 0 Å². The molecule has 1 aromatic heterocycles. The van der Waals surface area contributed by atoms with Gasteiger partial charge in [-0.1, -0.05) is 101 Å². The average molecular weight is 1080 g/mol. The zero-order valence-electron chi connectivity index (χ0n) is 47.7. The minimum Gasteiger partial charge on any atom is -0.458 e. The molecule has 9 aliphatic rings. The first kappa shape index (κ1) is 53.9. The van der Waals surface area contributed by atoms with Gasteiger partial charge in [-0.25, -0.2) is 19.9 Å². The van der Waals surface area contributed by atoms with Crippen molar-refractivity contribution in [3.63, 3.8) is 0 Å². The van der Waals surface area contributed by atoms with Crippen molar-refractivity contribution < 1.29 is 48.6 Å². The Labute approximate surface area is 464 Å². The molecule has 2 aromatic carbocycles. The van der Waals surface area contributed by atoms with Crippen molar-refractivity contribution in [3.8, 4) is 5.69 Å². The maximum atomic E-state index is 14.6. The number of allylic oxidation sites excluding steroid dienone is 7. The first-order valence-corrected chi connectivity index (χ1v) is 28.8. The lowest BCUT2D eigenvalue weighted by Gasteiger charge is -2.61. The number of hydrogen-bond donors (Lipinski definition) is 3. The average Bonchev–Trinajstić information content (AvgIpc) is 2.96. The summed E-state index contributed by atoms with van der Waals surface area (Å²) in [6, 6.07) is 20.5. The third-order valence-electron chi connectivity index (χ3n) is 22.2. The number of benzene rings is 2. The van der Waals surface area contributed by atoms with E-state index in [-0.39, 0.29) is 54.4 Å². The third-order valence-corrected chi connectivity index (χ3v) is 22.2. The summed E-state index contributed by atoms with van der Waals surface area (Å²) in [7, 11) is 0. The number of rotatable bonds is 11. The summed E-state index contributed by atoms with van der Waals surface area (Å²) in [6.45, 7) is 20.7. The SMILES string of the molecule is CC(=O)OCC(=O)C1(O)C(C)CC2C3C=C(C)C4=CC5=C(CC4(C)C3C(OOC3CC4(C)C(CC(C)C4(O)C(=O)COC(C)=O)C4C=C(C)C6=Cc7c(cnn7-c7ccccc7)CC6(C)C34)CC21C)C(C)NN5c1ccccc1. The molecule has 2 heterocycles. The Kier molecular flexibility index (Phi) is 12.7. The number of hydrazine groups is 1. The highest BCUT2D eigenvalue weighted by Crippen LogP contribution is 2.72. The Morgan fingerprint density at radius 3 is 1.63 bits per heavy atom. The number of fused-ring (bicyclic) bond motifs is 11. The molecule has 4 fully saturated rings. The summed E-state index contributed by atoms with van der Waals surface area (Å²) in [4.78, 5) is 68.5. The van der Waals surface area contributed by atoms with E-state index in [4.69, 9.17) is 24.3 Å². The van der Waals surface area contributed by atoms with Crippen LogP contribution in [0.3, 0.4) is 0 Å². The Morgan fingerprint density at radius 2 is 1.14 bits per heavy atom. The molecule has 3 aromatic rings. The van der Waals surface area contributed by atoms with Gasteiger partial charge in [0.25, 0.3) is 0 Å². The maximum absolute atomic E-state index is 14.6. The first-order chi connectivity index (χ1) is 37.4. The van der Waals surface area contributed by atoms with Crippen molar-refractivity contribution in [2.45, 2.75) is 144 Å². The number of anilines is 1. The molecule has 3 N–H and O–H groups in total. The molecule has 1 aliphatic heterocycles. The number of nitrogens with one attached hydrogen (secondary N) is 1. The van der Waals surface area contributed by atoms with E-state index in [1.54, 1.807) is 0 Å². The van der Waals surface area contributed by atoms with Gasteiger partial charge in [0.1, 0.15) is 11.2 Å². The summed E-state index contributed by atoms with van der Waals surface area (Å²) in [5.41, 5.74) is 8.17. The van der Waals surface area contributed by atoms with E-state index in [1.807, 2.05) is 62.8 Å². The topological polar surface area (TPSA) is 179 Å². The van der Waals surface area contributed by atoms with Crippen LogP contribution in [0.2, 0.25) is 0 Å². The summed E-state index contributed by atoms with van der Waals surface area (Å²) in [6.07, 6.45) is 13.0. The van der Waals surface area contributed by atoms with Crippen LogP contribution in [0.25, 0.3) is 11.8 Å².